The minimum Gasteiger partial charge on any atom is -0.352 e. The highest BCUT2D eigenvalue weighted by atomic mass is 16.2. The van der Waals surface area contributed by atoms with Crippen LogP contribution in [0.4, 0.5) is 5.69 Å². The second-order valence-corrected chi connectivity index (χ2v) is 6.85. The van der Waals surface area contributed by atoms with E-state index in [0.717, 1.165) is 18.5 Å². The van der Waals surface area contributed by atoms with Gasteiger partial charge in [-0.3, -0.25) is 9.59 Å². The van der Waals surface area contributed by atoms with Crippen LogP contribution in [0.15, 0.2) is 48.5 Å². The molecular formula is C21H24N2O2. The normalized spacial score (nSPS) is 13.0. The molecule has 0 aliphatic carbocycles. The molecule has 0 bridgehead atoms. The molecule has 25 heavy (non-hydrogen) atoms. The topological polar surface area (TPSA) is 49.4 Å². The lowest BCUT2D eigenvalue weighted by molar-refractivity contribution is 0.0948. The van der Waals surface area contributed by atoms with Gasteiger partial charge in [0.15, 0.2) is 0 Å². The number of benzene rings is 2. The predicted octanol–water partition coefficient (Wildman–Crippen LogP) is 3.67. The molecule has 0 unspecified atom stereocenters. The minimum atomic E-state index is -0.0915. The van der Waals surface area contributed by atoms with E-state index in [1.54, 1.807) is 24.3 Å². The second kappa shape index (κ2) is 7.51. The third kappa shape index (κ3) is 3.90. The number of amides is 2. The fraction of sp³-hybridized carbons (Fsp3) is 0.333. The number of hydrogen-bond acceptors (Lipinski definition) is 2. The van der Waals surface area contributed by atoms with Crippen molar-refractivity contribution in [3.63, 3.8) is 0 Å². The van der Waals surface area contributed by atoms with E-state index in [2.05, 4.69) is 25.2 Å². The maximum Gasteiger partial charge on any atom is 0.258 e. The number of rotatable bonds is 5. The van der Waals surface area contributed by atoms with Crippen molar-refractivity contribution in [2.24, 2.45) is 5.92 Å². The number of nitrogens with one attached hydrogen (secondary N) is 1. The van der Waals surface area contributed by atoms with E-state index in [-0.39, 0.29) is 11.8 Å². The number of fused-ring (bicyclic) bond motifs is 1. The fourth-order valence-electron chi connectivity index (χ4n) is 3.05. The van der Waals surface area contributed by atoms with E-state index in [9.17, 15) is 9.59 Å². The Bertz CT molecular complexity index is 766. The van der Waals surface area contributed by atoms with Crippen molar-refractivity contribution < 1.29 is 9.59 Å². The average Bonchev–Trinajstić information content (AvgIpc) is 3.05. The molecule has 0 radical (unpaired) electrons. The van der Waals surface area contributed by atoms with Crippen LogP contribution in [0.5, 0.6) is 0 Å². The Morgan fingerprint density at radius 2 is 1.72 bits per heavy atom. The summed E-state index contributed by atoms with van der Waals surface area (Å²) in [7, 11) is 0. The monoisotopic (exact) mass is 336 g/mol. The first-order valence-corrected chi connectivity index (χ1v) is 8.84. The molecule has 4 nitrogen and oxygen atoms in total. The van der Waals surface area contributed by atoms with Gasteiger partial charge in [-0.1, -0.05) is 32.0 Å². The quantitative estimate of drug-likeness (QED) is 0.906. The van der Waals surface area contributed by atoms with Crippen LogP contribution in [0.2, 0.25) is 0 Å². The molecule has 0 saturated heterocycles. The van der Waals surface area contributed by atoms with Crippen LogP contribution < -0.4 is 10.2 Å². The number of carbonyl (C=O) groups is 2. The molecule has 2 aromatic carbocycles. The summed E-state index contributed by atoms with van der Waals surface area (Å²) < 4.78 is 0. The Morgan fingerprint density at radius 1 is 1.04 bits per heavy atom. The summed E-state index contributed by atoms with van der Waals surface area (Å²) in [5, 5.41) is 2.91. The molecule has 1 aliphatic heterocycles. The zero-order valence-corrected chi connectivity index (χ0v) is 14.8. The van der Waals surface area contributed by atoms with Crippen LogP contribution in [0.1, 0.15) is 46.5 Å². The van der Waals surface area contributed by atoms with E-state index in [1.165, 1.54) is 5.56 Å². The number of anilines is 1. The van der Waals surface area contributed by atoms with Gasteiger partial charge in [0.25, 0.3) is 11.8 Å². The first-order chi connectivity index (χ1) is 12.1. The maximum absolute atomic E-state index is 12.8. The molecule has 0 aromatic heterocycles. The molecule has 2 amide bonds. The maximum atomic E-state index is 12.8. The summed E-state index contributed by atoms with van der Waals surface area (Å²) >= 11 is 0. The summed E-state index contributed by atoms with van der Waals surface area (Å²) in [6.07, 6.45) is 1.84. The van der Waals surface area contributed by atoms with Crippen LogP contribution in [-0.2, 0) is 6.42 Å². The highest BCUT2D eigenvalue weighted by Gasteiger charge is 2.25. The van der Waals surface area contributed by atoms with Crippen LogP contribution in [-0.4, -0.2) is 24.9 Å². The Labute approximate surface area is 148 Å². The highest BCUT2D eigenvalue weighted by Crippen LogP contribution is 2.28. The lowest BCUT2D eigenvalue weighted by atomic mass is 10.1. The Balaban J connectivity index is 1.66. The van der Waals surface area contributed by atoms with E-state index in [0.29, 0.717) is 30.1 Å². The molecule has 4 heteroatoms. The molecule has 0 fully saturated rings. The molecule has 0 spiro atoms. The van der Waals surface area contributed by atoms with Gasteiger partial charge >= 0.3 is 0 Å². The molecule has 0 saturated carbocycles. The van der Waals surface area contributed by atoms with Crippen molar-refractivity contribution in [1.29, 1.82) is 0 Å². The first kappa shape index (κ1) is 17.2. The zero-order chi connectivity index (χ0) is 17.8. The van der Waals surface area contributed by atoms with Crippen LogP contribution in [0.25, 0.3) is 0 Å². The highest BCUT2D eigenvalue weighted by molar-refractivity contribution is 6.07. The van der Waals surface area contributed by atoms with E-state index in [4.69, 9.17) is 0 Å². The lowest BCUT2D eigenvalue weighted by Gasteiger charge is -2.17. The number of para-hydroxylation sites is 1. The number of carbonyl (C=O) groups excluding carboxylic acids is 2. The van der Waals surface area contributed by atoms with E-state index < -0.39 is 0 Å². The molecule has 3 rings (SSSR count). The van der Waals surface area contributed by atoms with Gasteiger partial charge < -0.3 is 10.2 Å². The van der Waals surface area contributed by atoms with E-state index >= 15 is 0 Å². The van der Waals surface area contributed by atoms with Gasteiger partial charge in [-0.05, 0) is 54.7 Å². The molecule has 1 heterocycles. The summed E-state index contributed by atoms with van der Waals surface area (Å²) in [6, 6.07) is 14.9. The first-order valence-electron chi connectivity index (χ1n) is 8.84. The van der Waals surface area contributed by atoms with Gasteiger partial charge in [0.05, 0.1) is 0 Å². The summed E-state index contributed by atoms with van der Waals surface area (Å²) in [5.41, 5.74) is 3.39. The van der Waals surface area contributed by atoms with Crippen molar-refractivity contribution in [3.8, 4) is 0 Å². The number of nitrogens with zero attached hydrogens (tertiary/aromatic N) is 1. The van der Waals surface area contributed by atoms with Crippen molar-refractivity contribution in [1.82, 2.24) is 5.32 Å². The lowest BCUT2D eigenvalue weighted by Crippen LogP contribution is -2.29. The Kier molecular flexibility index (Phi) is 5.17. The van der Waals surface area contributed by atoms with Crippen LogP contribution in [0.3, 0.4) is 0 Å². The fourth-order valence-corrected chi connectivity index (χ4v) is 3.05. The average molecular weight is 336 g/mol. The van der Waals surface area contributed by atoms with Crippen molar-refractivity contribution in [2.45, 2.75) is 26.7 Å². The van der Waals surface area contributed by atoms with Gasteiger partial charge in [-0.2, -0.15) is 0 Å². The van der Waals surface area contributed by atoms with Gasteiger partial charge in [0, 0.05) is 29.9 Å². The van der Waals surface area contributed by atoms with Gasteiger partial charge in [0.1, 0.15) is 0 Å². The van der Waals surface area contributed by atoms with Crippen molar-refractivity contribution in [3.05, 3.63) is 65.2 Å². The van der Waals surface area contributed by atoms with Crippen LogP contribution in [0, 0.1) is 5.92 Å². The summed E-state index contributed by atoms with van der Waals surface area (Å²) in [6.45, 7) is 5.63. The Hall–Kier alpha value is -2.62. The molecule has 1 aliphatic rings. The second-order valence-electron chi connectivity index (χ2n) is 6.85. The third-order valence-electron chi connectivity index (χ3n) is 4.53. The van der Waals surface area contributed by atoms with Crippen molar-refractivity contribution >= 4 is 17.5 Å². The Morgan fingerprint density at radius 3 is 2.44 bits per heavy atom. The molecule has 2 aromatic rings. The van der Waals surface area contributed by atoms with E-state index in [1.807, 2.05) is 23.1 Å². The van der Waals surface area contributed by atoms with Gasteiger partial charge in [-0.25, -0.2) is 0 Å². The molecular weight excluding hydrogens is 312 g/mol. The molecule has 0 atom stereocenters. The summed E-state index contributed by atoms with van der Waals surface area (Å²) in [5.74, 6) is 0.450. The van der Waals surface area contributed by atoms with Crippen LogP contribution >= 0.6 is 0 Å². The smallest absolute Gasteiger partial charge is 0.258 e. The minimum absolute atomic E-state index is 0.0169. The van der Waals surface area contributed by atoms with Gasteiger partial charge in [-0.15, -0.1) is 0 Å². The largest absolute Gasteiger partial charge is 0.352 e. The van der Waals surface area contributed by atoms with Crippen molar-refractivity contribution in [2.75, 3.05) is 18.0 Å². The molecule has 130 valence electrons. The predicted molar refractivity (Wildman–Crippen MR) is 100 cm³/mol. The standard InChI is InChI=1S/C21H24N2O2/c1-15(2)11-13-22-20(24)17-7-9-18(10-8-17)21(25)23-14-12-16-5-3-4-6-19(16)23/h3-10,15H,11-14H2,1-2H3,(H,22,24). The molecule has 1 N–H and O–H groups in total. The SMILES string of the molecule is CC(C)CCNC(=O)c1ccc(C(=O)N2CCc3ccccc32)cc1. The van der Waals surface area contributed by atoms with Gasteiger partial charge in [0.2, 0.25) is 0 Å². The summed E-state index contributed by atoms with van der Waals surface area (Å²) in [4.78, 5) is 26.7. The third-order valence-corrected chi connectivity index (χ3v) is 4.53. The zero-order valence-electron chi connectivity index (χ0n) is 14.8. The number of hydrogen-bond donors (Lipinski definition) is 1.